The monoisotopic (exact) mass is 741 g/mol. The van der Waals surface area contributed by atoms with E-state index in [1.807, 2.05) is 12.1 Å². The third-order valence-electron chi connectivity index (χ3n) is 11.6. The summed E-state index contributed by atoms with van der Waals surface area (Å²) in [6, 6.07) is 36.9. The zero-order chi connectivity index (χ0) is 38.3. The van der Waals surface area contributed by atoms with Gasteiger partial charge in [-0.15, -0.1) is 17.3 Å². The van der Waals surface area contributed by atoms with Crippen LogP contribution in [-0.4, -0.2) is 21.8 Å². The smallest absolute Gasteiger partial charge is 0.161 e. The molecule has 56 heavy (non-hydrogen) atoms. The van der Waals surface area contributed by atoms with Crippen LogP contribution in [-0.2, 0) is 5.41 Å². The van der Waals surface area contributed by atoms with Crippen LogP contribution in [0.15, 0.2) is 132 Å². The maximum Gasteiger partial charge on any atom is 0.161 e. The zero-order valence-electron chi connectivity index (χ0n) is 32.3. The minimum Gasteiger partial charge on any atom is -0.454 e. The summed E-state index contributed by atoms with van der Waals surface area (Å²) in [5, 5.41) is 4.53. The summed E-state index contributed by atoms with van der Waals surface area (Å²) in [4.78, 5) is 11.7. The molecule has 6 heteroatoms. The summed E-state index contributed by atoms with van der Waals surface area (Å²) in [7, 11) is 0.870. The molecule has 0 fully saturated rings. The standard InChI is InChI=1S/C50H40BN3OS/c1-7-15-32-33-18-13-20-37(48(33)56-43(32)8-2)49-52-40-22-11-9-16-34(40)44(53-49)31(28-51-6)26-29(3)30-24-25-41-39(27-30)50(4,5)38-21-14-19-36-45(38)54(41)46-35-17-10-12-23-42(35)55-47(36)46/h7-28,51H,2H2,1,3-6H3/b15-7-,29-26+,31-28+. The van der Waals surface area contributed by atoms with Crippen molar-refractivity contribution >= 4 is 95.9 Å². The summed E-state index contributed by atoms with van der Waals surface area (Å²) in [5.74, 6) is 3.02. The number of allylic oxidation sites excluding steroid dienone is 4. The first-order valence-electron chi connectivity index (χ1n) is 19.4. The van der Waals surface area contributed by atoms with Gasteiger partial charge in [-0.2, -0.15) is 0 Å². The Balaban J connectivity index is 1.13. The first kappa shape index (κ1) is 34.3. The summed E-state index contributed by atoms with van der Waals surface area (Å²) >= 11 is 1.75. The van der Waals surface area contributed by atoms with Crippen LogP contribution in [0.25, 0.3) is 94.3 Å². The molecule has 10 rings (SSSR count). The number of hydrogen-bond acceptors (Lipinski definition) is 4. The average molecular weight is 742 g/mol. The number of hydrogen-bond donors (Lipinski definition) is 0. The highest BCUT2D eigenvalue weighted by molar-refractivity contribution is 7.20. The molecule has 9 aromatic rings. The number of fused-ring (bicyclic) bond motifs is 9. The van der Waals surface area contributed by atoms with Crippen LogP contribution < -0.4 is 0 Å². The first-order chi connectivity index (χ1) is 27.3. The van der Waals surface area contributed by atoms with Gasteiger partial charge in [0.25, 0.3) is 0 Å². The number of nitrogens with zero attached hydrogens (tertiary/aromatic N) is 3. The second kappa shape index (κ2) is 12.9. The minimum absolute atomic E-state index is 0.229. The Morgan fingerprint density at radius 3 is 2.43 bits per heavy atom. The maximum atomic E-state index is 6.54. The van der Waals surface area contributed by atoms with E-state index in [0.29, 0.717) is 0 Å². The average Bonchev–Trinajstić information content (AvgIpc) is 3.88. The fraction of sp³-hybridized carbons (Fsp3) is 0.120. The van der Waals surface area contributed by atoms with E-state index in [1.165, 1.54) is 49.1 Å². The number of aromatic nitrogens is 3. The van der Waals surface area contributed by atoms with Crippen molar-refractivity contribution in [3.8, 4) is 17.1 Å². The molecule has 5 aromatic carbocycles. The lowest BCUT2D eigenvalue weighted by Crippen LogP contribution is -2.26. The van der Waals surface area contributed by atoms with Gasteiger partial charge in [-0.1, -0.05) is 112 Å². The van der Waals surface area contributed by atoms with E-state index < -0.39 is 0 Å². The molecule has 0 atom stereocenters. The van der Waals surface area contributed by atoms with Crippen LogP contribution in [0.3, 0.4) is 0 Å². The number of rotatable bonds is 7. The molecule has 1 aliphatic rings. The first-order valence-corrected chi connectivity index (χ1v) is 20.2. The van der Waals surface area contributed by atoms with Gasteiger partial charge in [0, 0.05) is 42.1 Å². The van der Waals surface area contributed by atoms with Crippen molar-refractivity contribution in [2.75, 3.05) is 0 Å². The van der Waals surface area contributed by atoms with Gasteiger partial charge in [-0.05, 0) is 89.7 Å². The largest absolute Gasteiger partial charge is 0.454 e. The number of benzene rings is 5. The number of furan rings is 1. The fourth-order valence-electron chi connectivity index (χ4n) is 8.88. The van der Waals surface area contributed by atoms with Gasteiger partial charge in [0.05, 0.1) is 22.4 Å². The molecule has 0 saturated heterocycles. The minimum atomic E-state index is -0.229. The Kier molecular flexibility index (Phi) is 7.91. The van der Waals surface area contributed by atoms with E-state index in [4.69, 9.17) is 14.4 Å². The van der Waals surface area contributed by atoms with Crippen LogP contribution in [0.1, 0.15) is 60.5 Å². The SMILES string of the molecule is C=Cc1sc2c(-c3nc(C(/C=C(\C)c4ccc5c(c4)C(C)(C)c4cccc6c7oc8ccccc8c7n-5c46)=C/BC)c4ccccc4n3)cccc2c1/C=C\C. The van der Waals surface area contributed by atoms with Crippen LogP contribution in [0.5, 0.6) is 0 Å². The molecule has 0 aliphatic carbocycles. The Morgan fingerprint density at radius 1 is 0.839 bits per heavy atom. The van der Waals surface area contributed by atoms with E-state index in [1.54, 1.807) is 11.3 Å². The van der Waals surface area contributed by atoms with Gasteiger partial charge in [-0.25, -0.2) is 9.97 Å². The molecule has 0 N–H and O–H groups in total. The maximum absolute atomic E-state index is 6.54. The van der Waals surface area contributed by atoms with Crippen molar-refractivity contribution < 1.29 is 4.42 Å². The molecule has 5 heterocycles. The number of thiophene rings is 1. The highest BCUT2D eigenvalue weighted by Crippen LogP contribution is 2.50. The van der Waals surface area contributed by atoms with E-state index in [2.05, 4.69) is 167 Å². The molecule has 4 nitrogen and oxygen atoms in total. The van der Waals surface area contributed by atoms with E-state index in [-0.39, 0.29) is 5.41 Å². The Morgan fingerprint density at radius 2 is 1.61 bits per heavy atom. The molecule has 0 spiro atoms. The van der Waals surface area contributed by atoms with E-state index >= 15 is 0 Å². The lowest BCUT2D eigenvalue weighted by Gasteiger charge is -2.35. The second-order valence-corrected chi connectivity index (χ2v) is 16.3. The molecular formula is C50H40BN3OS. The summed E-state index contributed by atoms with van der Waals surface area (Å²) in [6.45, 7) is 15.3. The van der Waals surface area contributed by atoms with Gasteiger partial charge in [0.15, 0.2) is 11.4 Å². The Labute approximate surface area is 331 Å². The van der Waals surface area contributed by atoms with Gasteiger partial charge >= 0.3 is 0 Å². The van der Waals surface area contributed by atoms with Crippen LogP contribution in [0, 0.1) is 0 Å². The molecule has 0 bridgehead atoms. The van der Waals surface area contributed by atoms with Gasteiger partial charge in [-0.3, -0.25) is 0 Å². The van der Waals surface area contributed by atoms with Gasteiger partial charge in [0.1, 0.15) is 18.4 Å². The zero-order valence-corrected chi connectivity index (χ0v) is 33.1. The van der Waals surface area contributed by atoms with Crippen molar-refractivity contribution in [3.63, 3.8) is 0 Å². The molecule has 0 radical (unpaired) electrons. The summed E-state index contributed by atoms with van der Waals surface area (Å²) in [6.07, 6.45) is 8.52. The molecule has 1 aliphatic heterocycles. The van der Waals surface area contributed by atoms with E-state index in [0.717, 1.165) is 73.2 Å². The van der Waals surface area contributed by atoms with Crippen LogP contribution in [0.2, 0.25) is 6.82 Å². The predicted molar refractivity (Wildman–Crippen MR) is 242 cm³/mol. The molecule has 0 amide bonds. The highest BCUT2D eigenvalue weighted by atomic mass is 32.1. The van der Waals surface area contributed by atoms with Crippen molar-refractivity contribution in [1.82, 2.24) is 14.5 Å². The van der Waals surface area contributed by atoms with Gasteiger partial charge in [0.2, 0.25) is 0 Å². The van der Waals surface area contributed by atoms with Crippen molar-refractivity contribution in [2.24, 2.45) is 0 Å². The normalized spacial score (nSPS) is 14.2. The Bertz CT molecular complexity index is 3200. The van der Waals surface area contributed by atoms with Crippen LogP contribution in [0.4, 0.5) is 0 Å². The molecule has 4 aromatic heterocycles. The fourth-order valence-corrected chi connectivity index (χ4v) is 10.0. The lowest BCUT2D eigenvalue weighted by molar-refractivity contribution is 0.630. The Hall–Kier alpha value is -6.24. The molecule has 0 saturated carbocycles. The molecular weight excluding hydrogens is 701 g/mol. The second-order valence-electron chi connectivity index (χ2n) is 15.2. The summed E-state index contributed by atoms with van der Waals surface area (Å²) in [5.41, 5.74) is 15.4. The highest BCUT2D eigenvalue weighted by Gasteiger charge is 2.36. The van der Waals surface area contributed by atoms with Crippen molar-refractivity contribution in [3.05, 3.63) is 161 Å². The van der Waals surface area contributed by atoms with Crippen molar-refractivity contribution in [2.45, 2.75) is 39.9 Å². The van der Waals surface area contributed by atoms with Gasteiger partial charge < -0.3 is 8.98 Å². The molecule has 0 unspecified atom stereocenters. The third kappa shape index (κ3) is 4.98. The molecule has 270 valence electrons. The lowest BCUT2D eigenvalue weighted by atomic mass is 9.74. The topological polar surface area (TPSA) is 43.9 Å². The third-order valence-corrected chi connectivity index (χ3v) is 12.8. The summed E-state index contributed by atoms with van der Waals surface area (Å²) < 4.78 is 10.2. The number of para-hydroxylation sites is 3. The quantitative estimate of drug-likeness (QED) is 0.121. The van der Waals surface area contributed by atoms with Crippen LogP contribution >= 0.6 is 11.3 Å². The predicted octanol–water partition coefficient (Wildman–Crippen LogP) is 13.6. The van der Waals surface area contributed by atoms with E-state index in [9.17, 15) is 0 Å². The van der Waals surface area contributed by atoms with Crippen molar-refractivity contribution in [1.29, 1.82) is 0 Å².